The van der Waals surface area contributed by atoms with Crippen LogP contribution in [0.5, 0.6) is 0 Å². The minimum Gasteiger partial charge on any atom is -0.369 e. The van der Waals surface area contributed by atoms with Crippen molar-refractivity contribution in [1.82, 2.24) is 10.2 Å². The van der Waals surface area contributed by atoms with Crippen LogP contribution in [0, 0.1) is 11.7 Å². The van der Waals surface area contributed by atoms with Crippen molar-refractivity contribution >= 4 is 11.6 Å². The van der Waals surface area contributed by atoms with Crippen LogP contribution in [0.4, 0.5) is 10.1 Å². The number of anilines is 1. The lowest BCUT2D eigenvalue weighted by atomic mass is 9.98. The second kappa shape index (κ2) is 9.33. The van der Waals surface area contributed by atoms with E-state index in [0.717, 1.165) is 50.4 Å². The maximum atomic E-state index is 13.9. The van der Waals surface area contributed by atoms with Crippen LogP contribution in [-0.4, -0.2) is 49.6 Å². The molecule has 1 aromatic carbocycles. The van der Waals surface area contributed by atoms with Gasteiger partial charge in [-0.3, -0.25) is 4.79 Å². The van der Waals surface area contributed by atoms with E-state index in [4.69, 9.17) is 5.73 Å². The Morgan fingerprint density at radius 3 is 2.46 bits per heavy atom. The number of carbonyl (C=O) groups excluding carboxylic acids is 1. The normalized spacial score (nSPS) is 19.1. The van der Waals surface area contributed by atoms with Crippen molar-refractivity contribution in [3.63, 3.8) is 0 Å². The summed E-state index contributed by atoms with van der Waals surface area (Å²) in [7, 11) is 0. The second-order valence-electron chi connectivity index (χ2n) is 7.27. The van der Waals surface area contributed by atoms with E-state index in [0.29, 0.717) is 0 Å². The minimum absolute atomic E-state index is 0.108. The van der Waals surface area contributed by atoms with E-state index in [1.54, 1.807) is 0 Å². The third-order valence-electron chi connectivity index (χ3n) is 5.53. The fraction of sp³-hybridized carbons (Fsp3) is 0.650. The van der Waals surface area contributed by atoms with E-state index in [1.807, 2.05) is 26.8 Å². The zero-order valence-corrected chi connectivity index (χ0v) is 16.5. The van der Waals surface area contributed by atoms with Crippen molar-refractivity contribution in [2.45, 2.75) is 46.2 Å². The molecule has 3 N–H and O–H groups in total. The van der Waals surface area contributed by atoms with Crippen molar-refractivity contribution in [2.24, 2.45) is 11.7 Å². The third-order valence-corrected chi connectivity index (χ3v) is 5.53. The van der Waals surface area contributed by atoms with Gasteiger partial charge in [0, 0.05) is 37.4 Å². The van der Waals surface area contributed by atoms with Gasteiger partial charge in [-0.05, 0) is 37.6 Å². The molecule has 3 unspecified atom stereocenters. The topological polar surface area (TPSA) is 61.6 Å². The Hall–Kier alpha value is -1.66. The molecule has 1 amide bonds. The zero-order chi connectivity index (χ0) is 19.3. The lowest BCUT2D eigenvalue weighted by Crippen LogP contribution is -2.47. The molecule has 3 atom stereocenters. The Morgan fingerprint density at radius 2 is 1.88 bits per heavy atom. The van der Waals surface area contributed by atoms with E-state index >= 15 is 0 Å². The Labute approximate surface area is 156 Å². The van der Waals surface area contributed by atoms with Crippen molar-refractivity contribution in [2.75, 3.05) is 37.6 Å². The van der Waals surface area contributed by atoms with Crippen LogP contribution in [0.15, 0.2) is 18.2 Å². The summed E-state index contributed by atoms with van der Waals surface area (Å²) in [6.07, 6.45) is 0.843. The Balaban J connectivity index is 2.15. The van der Waals surface area contributed by atoms with Crippen LogP contribution in [0.25, 0.3) is 0 Å². The van der Waals surface area contributed by atoms with E-state index in [1.165, 1.54) is 12.1 Å². The van der Waals surface area contributed by atoms with Gasteiger partial charge in [-0.1, -0.05) is 27.2 Å². The van der Waals surface area contributed by atoms with Gasteiger partial charge in [-0.25, -0.2) is 4.39 Å². The molecule has 0 aromatic heterocycles. The molecule has 146 valence electrons. The molecule has 0 aliphatic carbocycles. The molecule has 0 bridgehead atoms. The fourth-order valence-corrected chi connectivity index (χ4v) is 3.36. The summed E-state index contributed by atoms with van der Waals surface area (Å²) in [4.78, 5) is 17.1. The van der Waals surface area contributed by atoms with Crippen LogP contribution in [0.2, 0.25) is 0 Å². The molecule has 6 heteroatoms. The SMILES string of the molecule is CCC(C)C(N)C(=O)NC(C)c1cc(F)ccc1N1CCN(CC)CC1. The van der Waals surface area contributed by atoms with Gasteiger partial charge in [0.1, 0.15) is 5.82 Å². The predicted octanol–water partition coefficient (Wildman–Crippen LogP) is 2.52. The van der Waals surface area contributed by atoms with Gasteiger partial charge in [0.15, 0.2) is 0 Å². The average Bonchev–Trinajstić information content (AvgIpc) is 2.66. The number of carbonyl (C=O) groups is 1. The van der Waals surface area contributed by atoms with Gasteiger partial charge in [0.25, 0.3) is 0 Å². The van der Waals surface area contributed by atoms with E-state index in [9.17, 15) is 9.18 Å². The Morgan fingerprint density at radius 1 is 1.23 bits per heavy atom. The molecule has 1 saturated heterocycles. The fourth-order valence-electron chi connectivity index (χ4n) is 3.36. The van der Waals surface area contributed by atoms with E-state index in [2.05, 4.69) is 22.0 Å². The molecule has 1 aliphatic heterocycles. The number of nitrogens with one attached hydrogen (secondary N) is 1. The molecule has 0 saturated carbocycles. The highest BCUT2D eigenvalue weighted by Gasteiger charge is 2.24. The molecule has 1 aromatic rings. The van der Waals surface area contributed by atoms with Gasteiger partial charge >= 0.3 is 0 Å². The summed E-state index contributed by atoms with van der Waals surface area (Å²) in [5.74, 6) is -0.363. The highest BCUT2D eigenvalue weighted by Crippen LogP contribution is 2.28. The maximum Gasteiger partial charge on any atom is 0.237 e. The lowest BCUT2D eigenvalue weighted by Gasteiger charge is -2.37. The van der Waals surface area contributed by atoms with Crippen molar-refractivity contribution in [3.8, 4) is 0 Å². The number of benzene rings is 1. The molecule has 0 spiro atoms. The van der Waals surface area contributed by atoms with Gasteiger partial charge in [-0.2, -0.15) is 0 Å². The summed E-state index contributed by atoms with van der Waals surface area (Å²) < 4.78 is 13.9. The minimum atomic E-state index is -0.549. The summed E-state index contributed by atoms with van der Waals surface area (Å²) >= 11 is 0. The first-order valence-corrected chi connectivity index (χ1v) is 9.70. The van der Waals surface area contributed by atoms with Crippen molar-refractivity contribution < 1.29 is 9.18 Å². The smallest absolute Gasteiger partial charge is 0.237 e. The first-order valence-electron chi connectivity index (χ1n) is 9.70. The average molecular weight is 365 g/mol. The van der Waals surface area contributed by atoms with Crippen LogP contribution in [0.3, 0.4) is 0 Å². The molecule has 2 rings (SSSR count). The molecule has 1 heterocycles. The number of nitrogens with two attached hydrogens (primary N) is 1. The van der Waals surface area contributed by atoms with Crippen molar-refractivity contribution in [1.29, 1.82) is 0 Å². The number of piperazine rings is 1. The number of halogens is 1. The second-order valence-corrected chi connectivity index (χ2v) is 7.27. The molecular formula is C20H33FN4O. The summed E-state index contributed by atoms with van der Waals surface area (Å²) in [6.45, 7) is 12.9. The van der Waals surface area contributed by atoms with Gasteiger partial charge in [0.2, 0.25) is 5.91 Å². The first-order chi connectivity index (χ1) is 12.4. The zero-order valence-electron chi connectivity index (χ0n) is 16.5. The summed E-state index contributed by atoms with van der Waals surface area (Å²) in [5.41, 5.74) is 7.83. The monoisotopic (exact) mass is 364 g/mol. The number of nitrogens with zero attached hydrogens (tertiary/aromatic N) is 2. The van der Waals surface area contributed by atoms with Crippen LogP contribution in [-0.2, 0) is 4.79 Å². The van der Waals surface area contributed by atoms with Crippen LogP contribution >= 0.6 is 0 Å². The number of rotatable bonds is 7. The Kier molecular flexibility index (Phi) is 7.41. The number of amides is 1. The highest BCUT2D eigenvalue weighted by atomic mass is 19.1. The van der Waals surface area contributed by atoms with Gasteiger partial charge < -0.3 is 20.9 Å². The summed E-state index contributed by atoms with van der Waals surface area (Å²) in [6, 6.07) is 4.00. The maximum absolute atomic E-state index is 13.9. The summed E-state index contributed by atoms with van der Waals surface area (Å²) in [5, 5.41) is 2.97. The van der Waals surface area contributed by atoms with Crippen molar-refractivity contribution in [3.05, 3.63) is 29.6 Å². The standard InChI is InChI=1S/C20H33FN4O/c1-5-14(3)19(22)20(26)23-15(4)17-13-16(21)7-8-18(17)25-11-9-24(6-2)10-12-25/h7-8,13-15,19H,5-6,9-12,22H2,1-4H3,(H,23,26). The largest absolute Gasteiger partial charge is 0.369 e. The van der Waals surface area contributed by atoms with Crippen LogP contribution < -0.4 is 16.0 Å². The van der Waals surface area contributed by atoms with E-state index < -0.39 is 6.04 Å². The van der Waals surface area contributed by atoms with Gasteiger partial charge in [-0.15, -0.1) is 0 Å². The quantitative estimate of drug-likeness (QED) is 0.780. The lowest BCUT2D eigenvalue weighted by molar-refractivity contribution is -0.124. The van der Waals surface area contributed by atoms with Crippen LogP contribution in [0.1, 0.15) is 45.7 Å². The third kappa shape index (κ3) is 4.95. The Bertz CT molecular complexity index is 601. The number of hydrogen-bond donors (Lipinski definition) is 2. The molecule has 26 heavy (non-hydrogen) atoms. The predicted molar refractivity (Wildman–Crippen MR) is 105 cm³/mol. The first kappa shape index (κ1) is 20.6. The number of likely N-dealkylation sites (N-methyl/N-ethyl adjacent to an activating group) is 1. The van der Waals surface area contributed by atoms with E-state index in [-0.39, 0.29) is 23.7 Å². The van der Waals surface area contributed by atoms with Gasteiger partial charge in [0.05, 0.1) is 12.1 Å². The molecular weight excluding hydrogens is 331 g/mol. The highest BCUT2D eigenvalue weighted by molar-refractivity contribution is 5.82. The molecule has 1 fully saturated rings. The molecule has 0 radical (unpaired) electrons. The molecule has 5 nitrogen and oxygen atoms in total. The number of hydrogen-bond acceptors (Lipinski definition) is 4. The molecule has 1 aliphatic rings.